The summed E-state index contributed by atoms with van der Waals surface area (Å²) in [7, 11) is 1.87. The van der Waals surface area contributed by atoms with Gasteiger partial charge in [0, 0.05) is 50.9 Å². The van der Waals surface area contributed by atoms with Gasteiger partial charge in [-0.3, -0.25) is 14.6 Å². The van der Waals surface area contributed by atoms with E-state index in [1.54, 1.807) is 0 Å². The molecule has 0 amide bonds. The molecule has 0 bridgehead atoms. The van der Waals surface area contributed by atoms with Crippen molar-refractivity contribution in [1.82, 2.24) is 25.3 Å². The molecule has 3 unspecified atom stereocenters. The largest absolute Gasteiger partial charge is 0.355 e. The van der Waals surface area contributed by atoms with Crippen molar-refractivity contribution in [3.05, 3.63) is 17.5 Å². The molecule has 2 heterocycles. The van der Waals surface area contributed by atoms with Crippen LogP contribution in [0.5, 0.6) is 0 Å². The zero-order valence-electron chi connectivity index (χ0n) is 18.2. The fourth-order valence-corrected chi connectivity index (χ4v) is 4.29. The molecule has 1 aromatic rings. The minimum atomic E-state index is 0. The Morgan fingerprint density at radius 1 is 1.32 bits per heavy atom. The highest BCUT2D eigenvalue weighted by atomic mass is 127. The van der Waals surface area contributed by atoms with E-state index in [2.05, 4.69) is 59.1 Å². The van der Waals surface area contributed by atoms with Crippen molar-refractivity contribution in [1.29, 1.82) is 0 Å². The molecule has 160 valence electrons. The van der Waals surface area contributed by atoms with Crippen molar-refractivity contribution in [3.8, 4) is 0 Å². The predicted octanol–water partition coefficient (Wildman–Crippen LogP) is 3.22. The van der Waals surface area contributed by atoms with Gasteiger partial charge in [-0.05, 0) is 64.5 Å². The average Bonchev–Trinajstić information content (AvgIpc) is 3.08. The van der Waals surface area contributed by atoms with Crippen molar-refractivity contribution in [2.45, 2.75) is 77.9 Å². The van der Waals surface area contributed by atoms with Gasteiger partial charge in [-0.25, -0.2) is 0 Å². The number of halogens is 1. The number of fused-ring (bicyclic) bond motifs is 1. The Bertz CT molecular complexity index is 641. The van der Waals surface area contributed by atoms with E-state index in [9.17, 15) is 0 Å². The number of nitrogens with one attached hydrogen (secondary N) is 2. The van der Waals surface area contributed by atoms with E-state index >= 15 is 0 Å². The first-order chi connectivity index (χ1) is 13.0. The van der Waals surface area contributed by atoms with Gasteiger partial charge in [-0.1, -0.05) is 6.92 Å². The molecule has 2 N–H and O–H groups in total. The fourth-order valence-electron chi connectivity index (χ4n) is 4.29. The Kier molecular flexibility index (Phi) is 9.05. The number of aryl methyl sites for hydroxylation is 1. The second kappa shape index (κ2) is 10.8. The van der Waals surface area contributed by atoms with Gasteiger partial charge in [-0.2, -0.15) is 5.10 Å². The lowest BCUT2D eigenvalue weighted by atomic mass is 9.94. The summed E-state index contributed by atoms with van der Waals surface area (Å²) in [6.07, 6.45) is 8.14. The molecule has 0 saturated carbocycles. The minimum absolute atomic E-state index is 0. The molecular weight excluding hydrogens is 463 g/mol. The number of hydrogen-bond donors (Lipinski definition) is 2. The van der Waals surface area contributed by atoms with Gasteiger partial charge in [0.2, 0.25) is 0 Å². The number of hydrogen-bond acceptors (Lipinski definition) is 3. The second-order valence-corrected chi connectivity index (χ2v) is 8.80. The van der Waals surface area contributed by atoms with E-state index in [1.165, 1.54) is 37.2 Å². The summed E-state index contributed by atoms with van der Waals surface area (Å²) < 4.78 is 2.10. The molecule has 0 radical (unpaired) electrons. The van der Waals surface area contributed by atoms with Crippen LogP contribution in [0.25, 0.3) is 0 Å². The molecule has 6 nitrogen and oxygen atoms in total. The smallest absolute Gasteiger partial charge is 0.191 e. The summed E-state index contributed by atoms with van der Waals surface area (Å²) in [6, 6.07) is 1.37. The normalized spacial score (nSPS) is 24.4. The lowest BCUT2D eigenvalue weighted by Crippen LogP contribution is -2.51. The molecule has 0 spiro atoms. The van der Waals surface area contributed by atoms with Crippen LogP contribution in [-0.2, 0) is 12.8 Å². The van der Waals surface area contributed by atoms with Crippen LogP contribution in [0.4, 0.5) is 0 Å². The van der Waals surface area contributed by atoms with Crippen molar-refractivity contribution in [3.63, 3.8) is 0 Å². The van der Waals surface area contributed by atoms with Crippen LogP contribution in [0.3, 0.4) is 0 Å². The first-order valence-corrected chi connectivity index (χ1v) is 10.7. The van der Waals surface area contributed by atoms with Crippen molar-refractivity contribution >= 4 is 29.9 Å². The van der Waals surface area contributed by atoms with Crippen LogP contribution in [0.2, 0.25) is 0 Å². The zero-order valence-corrected chi connectivity index (χ0v) is 20.6. The maximum absolute atomic E-state index is 4.79. The van der Waals surface area contributed by atoms with Crippen LogP contribution >= 0.6 is 24.0 Å². The molecule has 3 rings (SSSR count). The number of aromatic nitrogens is 2. The molecule has 1 aromatic heterocycles. The topological polar surface area (TPSA) is 57.5 Å². The molecule has 1 aliphatic heterocycles. The summed E-state index contributed by atoms with van der Waals surface area (Å²) in [4.78, 5) is 7.06. The number of guanidine groups is 1. The first-order valence-electron chi connectivity index (χ1n) is 10.7. The van der Waals surface area contributed by atoms with Crippen molar-refractivity contribution < 1.29 is 0 Å². The Hall–Kier alpha value is -0.830. The molecule has 7 heteroatoms. The van der Waals surface area contributed by atoms with E-state index in [0.717, 1.165) is 37.7 Å². The Morgan fingerprint density at radius 3 is 2.79 bits per heavy atom. The summed E-state index contributed by atoms with van der Waals surface area (Å²) in [5, 5.41) is 12.0. The molecule has 2 aliphatic rings. The van der Waals surface area contributed by atoms with E-state index in [1.807, 2.05) is 7.05 Å². The quantitative estimate of drug-likeness (QED) is 0.369. The van der Waals surface area contributed by atoms with E-state index < -0.39 is 0 Å². The van der Waals surface area contributed by atoms with E-state index in [0.29, 0.717) is 18.1 Å². The number of rotatable bonds is 5. The molecule has 1 saturated heterocycles. The van der Waals surface area contributed by atoms with Gasteiger partial charge in [0.15, 0.2) is 5.96 Å². The van der Waals surface area contributed by atoms with Gasteiger partial charge in [0.25, 0.3) is 0 Å². The van der Waals surface area contributed by atoms with Crippen LogP contribution < -0.4 is 10.6 Å². The number of aliphatic imine (C=N–C) groups is 1. The van der Waals surface area contributed by atoms with Gasteiger partial charge < -0.3 is 10.6 Å². The van der Waals surface area contributed by atoms with Gasteiger partial charge in [-0.15, -0.1) is 24.0 Å². The third-order valence-corrected chi connectivity index (χ3v) is 6.07. The average molecular weight is 502 g/mol. The van der Waals surface area contributed by atoms with E-state index in [-0.39, 0.29) is 24.0 Å². The van der Waals surface area contributed by atoms with Crippen molar-refractivity contribution in [2.24, 2.45) is 10.9 Å². The lowest BCUT2D eigenvalue weighted by molar-refractivity contribution is 0.139. The number of piperidine rings is 1. The van der Waals surface area contributed by atoms with Gasteiger partial charge in [0.1, 0.15) is 0 Å². The maximum Gasteiger partial charge on any atom is 0.191 e. The third kappa shape index (κ3) is 6.08. The highest BCUT2D eigenvalue weighted by Crippen LogP contribution is 2.22. The Labute approximate surface area is 187 Å². The molecule has 3 atom stereocenters. The monoisotopic (exact) mass is 502 g/mol. The van der Waals surface area contributed by atoms with Gasteiger partial charge in [0.05, 0.1) is 5.69 Å². The SMILES string of the molecule is CN=C(NCC(C)N1CCCC(C)C1)NC1CCc2cn(C(C)C)nc2C1.I. The molecule has 0 aromatic carbocycles. The van der Waals surface area contributed by atoms with Gasteiger partial charge >= 0.3 is 0 Å². The highest BCUT2D eigenvalue weighted by molar-refractivity contribution is 14.0. The van der Waals surface area contributed by atoms with Crippen molar-refractivity contribution in [2.75, 3.05) is 26.7 Å². The summed E-state index contributed by atoms with van der Waals surface area (Å²) >= 11 is 0. The third-order valence-electron chi connectivity index (χ3n) is 6.07. The maximum atomic E-state index is 4.79. The first kappa shape index (κ1) is 23.4. The highest BCUT2D eigenvalue weighted by Gasteiger charge is 2.24. The van der Waals surface area contributed by atoms with Crippen LogP contribution in [0.1, 0.15) is 64.3 Å². The zero-order chi connectivity index (χ0) is 19.4. The molecule has 28 heavy (non-hydrogen) atoms. The Morgan fingerprint density at radius 2 is 2.11 bits per heavy atom. The lowest BCUT2D eigenvalue weighted by Gasteiger charge is -2.36. The van der Waals surface area contributed by atoms with E-state index in [4.69, 9.17) is 5.10 Å². The van der Waals surface area contributed by atoms with Crippen LogP contribution in [-0.4, -0.2) is 59.4 Å². The molecular formula is C21H39IN6. The summed E-state index contributed by atoms with van der Waals surface area (Å²) in [5.74, 6) is 1.74. The van der Waals surface area contributed by atoms with Crippen LogP contribution in [0.15, 0.2) is 11.2 Å². The number of likely N-dealkylation sites (tertiary alicyclic amines) is 1. The predicted molar refractivity (Wildman–Crippen MR) is 128 cm³/mol. The fraction of sp³-hybridized carbons (Fsp3) is 0.810. The Balaban J connectivity index is 0.00000280. The standard InChI is InChI=1S/C21H38N6.HI/c1-15(2)27-14-18-8-9-19(11-20(18)25-27)24-21(22-5)23-12-17(4)26-10-6-7-16(3)13-26;/h14-17,19H,6-13H2,1-5H3,(H2,22,23,24);1H. The summed E-state index contributed by atoms with van der Waals surface area (Å²) in [5.41, 5.74) is 2.66. The van der Waals surface area contributed by atoms with Crippen LogP contribution in [0, 0.1) is 5.92 Å². The molecule has 1 aliphatic carbocycles. The minimum Gasteiger partial charge on any atom is -0.355 e. The number of nitrogens with zero attached hydrogens (tertiary/aromatic N) is 4. The second-order valence-electron chi connectivity index (χ2n) is 8.80. The summed E-state index contributed by atoms with van der Waals surface area (Å²) in [6.45, 7) is 12.4. The molecule has 1 fully saturated rings.